The van der Waals surface area contributed by atoms with Gasteiger partial charge in [-0.25, -0.2) is 4.98 Å². The Bertz CT molecular complexity index is 583. The summed E-state index contributed by atoms with van der Waals surface area (Å²) in [6, 6.07) is 4.11. The predicted octanol–water partition coefficient (Wildman–Crippen LogP) is 2.93. The van der Waals surface area contributed by atoms with Crippen molar-refractivity contribution in [3.8, 4) is 10.7 Å². The summed E-state index contributed by atoms with van der Waals surface area (Å²) in [6.07, 6.45) is 1.74. The van der Waals surface area contributed by atoms with Gasteiger partial charge in [0.2, 0.25) is 0 Å². The molecule has 2 aromatic heterocycles. The van der Waals surface area contributed by atoms with Gasteiger partial charge in [0.05, 0.1) is 4.88 Å². The molecular formula is C13H16N2OS. The first kappa shape index (κ1) is 12.0. The molecule has 0 saturated carbocycles. The van der Waals surface area contributed by atoms with Gasteiger partial charge in [0, 0.05) is 16.1 Å². The summed E-state index contributed by atoms with van der Waals surface area (Å²) in [4.78, 5) is 21.5. The van der Waals surface area contributed by atoms with E-state index in [2.05, 4.69) is 23.0 Å². The normalized spacial score (nSPS) is 10.8. The van der Waals surface area contributed by atoms with Gasteiger partial charge in [0.1, 0.15) is 0 Å². The van der Waals surface area contributed by atoms with Gasteiger partial charge in [-0.1, -0.05) is 13.8 Å². The highest BCUT2D eigenvalue weighted by atomic mass is 32.1. The molecule has 0 aromatic carbocycles. The lowest BCUT2D eigenvalue weighted by molar-refractivity contribution is 0.970. The van der Waals surface area contributed by atoms with E-state index in [0.29, 0.717) is 5.82 Å². The van der Waals surface area contributed by atoms with Gasteiger partial charge in [-0.05, 0) is 31.9 Å². The van der Waals surface area contributed by atoms with Crippen LogP contribution < -0.4 is 5.56 Å². The molecule has 4 heteroatoms. The molecule has 0 radical (unpaired) electrons. The highest BCUT2D eigenvalue weighted by molar-refractivity contribution is 7.15. The largest absolute Gasteiger partial charge is 0.306 e. The molecule has 90 valence electrons. The molecule has 2 aromatic rings. The standard InChI is InChI=1S/C13H16N2OS/c1-4-9-6-7-11(17-9)12-14-8(3)10(5-2)13(16)15-12/h6-7H,4-5H2,1-3H3,(H,14,15,16). The van der Waals surface area contributed by atoms with Crippen LogP contribution >= 0.6 is 11.3 Å². The highest BCUT2D eigenvalue weighted by Crippen LogP contribution is 2.25. The maximum atomic E-state index is 11.9. The quantitative estimate of drug-likeness (QED) is 0.907. The summed E-state index contributed by atoms with van der Waals surface area (Å²) >= 11 is 1.68. The molecule has 0 aliphatic carbocycles. The summed E-state index contributed by atoms with van der Waals surface area (Å²) in [7, 11) is 0. The lowest BCUT2D eigenvalue weighted by atomic mass is 10.2. The van der Waals surface area contributed by atoms with E-state index in [0.717, 1.165) is 29.0 Å². The van der Waals surface area contributed by atoms with Crippen LogP contribution in [-0.4, -0.2) is 9.97 Å². The maximum absolute atomic E-state index is 11.9. The third-order valence-corrected chi connectivity index (χ3v) is 4.06. The third-order valence-electron chi connectivity index (χ3n) is 2.82. The van der Waals surface area contributed by atoms with Crippen LogP contribution in [0.4, 0.5) is 0 Å². The molecule has 2 rings (SSSR count). The monoisotopic (exact) mass is 248 g/mol. The zero-order chi connectivity index (χ0) is 12.4. The third kappa shape index (κ3) is 2.31. The van der Waals surface area contributed by atoms with Crippen molar-refractivity contribution in [1.82, 2.24) is 9.97 Å². The maximum Gasteiger partial charge on any atom is 0.254 e. The summed E-state index contributed by atoms with van der Waals surface area (Å²) in [6.45, 7) is 5.99. The van der Waals surface area contributed by atoms with Gasteiger partial charge in [-0.3, -0.25) is 4.79 Å². The van der Waals surface area contributed by atoms with E-state index >= 15 is 0 Å². The number of aromatic amines is 1. The number of hydrogen-bond acceptors (Lipinski definition) is 3. The van der Waals surface area contributed by atoms with Crippen LogP contribution in [0.3, 0.4) is 0 Å². The van der Waals surface area contributed by atoms with E-state index in [4.69, 9.17) is 0 Å². The number of aromatic nitrogens is 2. The van der Waals surface area contributed by atoms with E-state index in [1.807, 2.05) is 19.9 Å². The predicted molar refractivity (Wildman–Crippen MR) is 71.7 cm³/mol. The summed E-state index contributed by atoms with van der Waals surface area (Å²) in [5, 5.41) is 0. The number of rotatable bonds is 3. The second-order valence-electron chi connectivity index (χ2n) is 3.95. The lowest BCUT2D eigenvalue weighted by Gasteiger charge is -2.03. The van der Waals surface area contributed by atoms with Crippen LogP contribution in [0.5, 0.6) is 0 Å². The zero-order valence-corrected chi connectivity index (χ0v) is 11.1. The lowest BCUT2D eigenvalue weighted by Crippen LogP contribution is -2.16. The Labute approximate surface area is 105 Å². The van der Waals surface area contributed by atoms with Gasteiger partial charge >= 0.3 is 0 Å². The van der Waals surface area contributed by atoms with E-state index in [-0.39, 0.29) is 5.56 Å². The van der Waals surface area contributed by atoms with Crippen LogP contribution in [0, 0.1) is 6.92 Å². The Morgan fingerprint density at radius 2 is 2.06 bits per heavy atom. The minimum Gasteiger partial charge on any atom is -0.306 e. The summed E-state index contributed by atoms with van der Waals surface area (Å²) in [5.41, 5.74) is 1.60. The minimum absolute atomic E-state index is 0.0125. The molecule has 0 saturated heterocycles. The van der Waals surface area contributed by atoms with Crippen molar-refractivity contribution in [1.29, 1.82) is 0 Å². The van der Waals surface area contributed by atoms with E-state index < -0.39 is 0 Å². The fourth-order valence-corrected chi connectivity index (χ4v) is 2.73. The Hall–Kier alpha value is -1.42. The van der Waals surface area contributed by atoms with Crippen LogP contribution in [0.1, 0.15) is 30.0 Å². The van der Waals surface area contributed by atoms with Crippen molar-refractivity contribution in [3.05, 3.63) is 38.6 Å². The topological polar surface area (TPSA) is 45.8 Å². The number of hydrogen-bond donors (Lipinski definition) is 1. The van der Waals surface area contributed by atoms with Crippen molar-refractivity contribution in [2.75, 3.05) is 0 Å². The van der Waals surface area contributed by atoms with Crippen molar-refractivity contribution in [3.63, 3.8) is 0 Å². The minimum atomic E-state index is -0.0125. The SMILES string of the molecule is CCc1ccc(-c2nc(C)c(CC)c(=O)[nH]2)s1. The first-order valence-electron chi connectivity index (χ1n) is 5.84. The van der Waals surface area contributed by atoms with E-state index in [1.165, 1.54) is 4.88 Å². The second-order valence-corrected chi connectivity index (χ2v) is 5.12. The fraction of sp³-hybridized carbons (Fsp3) is 0.385. The van der Waals surface area contributed by atoms with E-state index in [9.17, 15) is 4.79 Å². The highest BCUT2D eigenvalue weighted by Gasteiger charge is 2.09. The molecule has 0 fully saturated rings. The first-order chi connectivity index (χ1) is 8.15. The van der Waals surface area contributed by atoms with Crippen LogP contribution in [-0.2, 0) is 12.8 Å². The second kappa shape index (κ2) is 4.84. The Balaban J connectivity index is 2.50. The van der Waals surface area contributed by atoms with Gasteiger partial charge < -0.3 is 4.98 Å². The average Bonchev–Trinajstić information content (AvgIpc) is 2.77. The molecule has 17 heavy (non-hydrogen) atoms. The molecule has 0 aliphatic heterocycles. The summed E-state index contributed by atoms with van der Waals surface area (Å²) < 4.78 is 0. The molecular weight excluding hydrogens is 232 g/mol. The van der Waals surface area contributed by atoms with Crippen molar-refractivity contribution < 1.29 is 0 Å². The van der Waals surface area contributed by atoms with Gasteiger partial charge in [-0.2, -0.15) is 0 Å². The van der Waals surface area contributed by atoms with Gasteiger partial charge in [0.25, 0.3) is 5.56 Å². The molecule has 2 heterocycles. The van der Waals surface area contributed by atoms with Crippen LogP contribution in [0.25, 0.3) is 10.7 Å². The number of nitrogens with one attached hydrogen (secondary N) is 1. The molecule has 0 spiro atoms. The Morgan fingerprint density at radius 3 is 2.59 bits per heavy atom. The van der Waals surface area contributed by atoms with Crippen molar-refractivity contribution in [2.24, 2.45) is 0 Å². The van der Waals surface area contributed by atoms with E-state index in [1.54, 1.807) is 11.3 Å². The number of H-pyrrole nitrogens is 1. The smallest absolute Gasteiger partial charge is 0.254 e. The number of aryl methyl sites for hydroxylation is 2. The molecule has 3 nitrogen and oxygen atoms in total. The molecule has 0 atom stereocenters. The Kier molecular flexibility index (Phi) is 3.43. The molecule has 1 N–H and O–H groups in total. The van der Waals surface area contributed by atoms with Crippen LogP contribution in [0.2, 0.25) is 0 Å². The number of thiophene rings is 1. The molecule has 0 bridgehead atoms. The Morgan fingerprint density at radius 1 is 1.29 bits per heavy atom. The van der Waals surface area contributed by atoms with Gasteiger partial charge in [0.15, 0.2) is 5.82 Å². The summed E-state index contributed by atoms with van der Waals surface area (Å²) in [5.74, 6) is 0.689. The van der Waals surface area contributed by atoms with Crippen molar-refractivity contribution in [2.45, 2.75) is 33.6 Å². The fourth-order valence-electron chi connectivity index (χ4n) is 1.84. The molecule has 0 amide bonds. The van der Waals surface area contributed by atoms with Gasteiger partial charge in [-0.15, -0.1) is 11.3 Å². The van der Waals surface area contributed by atoms with Crippen molar-refractivity contribution >= 4 is 11.3 Å². The molecule has 0 aliphatic rings. The average molecular weight is 248 g/mol. The molecule has 0 unspecified atom stereocenters. The zero-order valence-electron chi connectivity index (χ0n) is 10.3. The first-order valence-corrected chi connectivity index (χ1v) is 6.66. The van der Waals surface area contributed by atoms with Crippen LogP contribution in [0.15, 0.2) is 16.9 Å². The number of nitrogens with zero attached hydrogens (tertiary/aromatic N) is 1.